The SMILES string of the molecule is COCCN(CCOC)C(=O)C1CN(C(=O)c2ccc([N+](=O)[O-])o2)C1. The van der Waals surface area contributed by atoms with Crippen LogP contribution in [0.15, 0.2) is 16.5 Å². The average Bonchev–Trinajstić information content (AvgIpc) is 3.03. The predicted octanol–water partition coefficient (Wildman–Crippen LogP) is 0.381. The summed E-state index contributed by atoms with van der Waals surface area (Å²) in [7, 11) is 3.12. The van der Waals surface area contributed by atoms with Gasteiger partial charge in [0.15, 0.2) is 5.76 Å². The fourth-order valence-corrected chi connectivity index (χ4v) is 2.49. The van der Waals surface area contributed by atoms with E-state index in [2.05, 4.69) is 0 Å². The van der Waals surface area contributed by atoms with Crippen LogP contribution in [-0.2, 0) is 14.3 Å². The minimum Gasteiger partial charge on any atom is -0.395 e. The summed E-state index contributed by atoms with van der Waals surface area (Å²) in [5, 5.41) is 10.6. The number of hydrogen-bond donors (Lipinski definition) is 0. The maximum absolute atomic E-state index is 12.5. The Labute approximate surface area is 144 Å². The number of carbonyl (C=O) groups excluding carboxylic acids is 2. The predicted molar refractivity (Wildman–Crippen MR) is 85.1 cm³/mol. The van der Waals surface area contributed by atoms with Gasteiger partial charge in [0.25, 0.3) is 5.91 Å². The highest BCUT2D eigenvalue weighted by molar-refractivity contribution is 5.94. The molecule has 1 aromatic heterocycles. The molecule has 10 nitrogen and oxygen atoms in total. The smallest absolute Gasteiger partial charge is 0.395 e. The van der Waals surface area contributed by atoms with Crippen LogP contribution in [0.2, 0.25) is 0 Å². The van der Waals surface area contributed by atoms with Crippen molar-refractivity contribution in [1.29, 1.82) is 0 Å². The Morgan fingerprint density at radius 3 is 2.36 bits per heavy atom. The van der Waals surface area contributed by atoms with Crippen molar-refractivity contribution in [1.82, 2.24) is 9.80 Å². The molecular formula is C15H21N3O7. The molecular weight excluding hydrogens is 334 g/mol. The molecule has 25 heavy (non-hydrogen) atoms. The van der Waals surface area contributed by atoms with Crippen molar-refractivity contribution in [3.8, 4) is 0 Å². The van der Waals surface area contributed by atoms with Crippen LogP contribution in [-0.4, -0.2) is 80.1 Å². The Morgan fingerprint density at radius 1 is 1.28 bits per heavy atom. The second-order valence-corrected chi connectivity index (χ2v) is 5.61. The molecule has 0 spiro atoms. The number of likely N-dealkylation sites (tertiary alicyclic amines) is 1. The van der Waals surface area contributed by atoms with Crippen molar-refractivity contribution >= 4 is 17.7 Å². The quantitative estimate of drug-likeness (QED) is 0.464. The summed E-state index contributed by atoms with van der Waals surface area (Å²) >= 11 is 0. The Balaban J connectivity index is 1.89. The van der Waals surface area contributed by atoms with E-state index in [1.807, 2.05) is 0 Å². The van der Waals surface area contributed by atoms with Gasteiger partial charge in [-0.2, -0.15) is 0 Å². The van der Waals surface area contributed by atoms with Gasteiger partial charge in [-0.05, 0) is 6.07 Å². The Morgan fingerprint density at radius 2 is 1.88 bits per heavy atom. The normalized spacial score (nSPS) is 14.2. The molecule has 0 unspecified atom stereocenters. The number of ether oxygens (including phenoxy) is 2. The number of carbonyl (C=O) groups is 2. The molecule has 0 aromatic carbocycles. The van der Waals surface area contributed by atoms with Crippen molar-refractivity contribution in [2.45, 2.75) is 0 Å². The lowest BCUT2D eigenvalue weighted by Crippen LogP contribution is -2.57. The molecule has 138 valence electrons. The standard InChI is InChI=1S/C15H21N3O7/c1-23-7-5-16(6-8-24-2)14(19)11-9-17(10-11)15(20)12-3-4-13(25-12)18(21)22/h3-4,11H,5-10H2,1-2H3. The highest BCUT2D eigenvalue weighted by Crippen LogP contribution is 2.23. The van der Waals surface area contributed by atoms with Crippen molar-refractivity contribution in [3.05, 3.63) is 28.0 Å². The average molecular weight is 355 g/mol. The van der Waals surface area contributed by atoms with Gasteiger partial charge in [0.05, 0.1) is 25.2 Å². The van der Waals surface area contributed by atoms with Gasteiger partial charge in [-0.3, -0.25) is 19.7 Å². The molecule has 2 rings (SSSR count). The Hall–Kier alpha value is -2.46. The van der Waals surface area contributed by atoms with Crippen molar-refractivity contribution in [2.75, 3.05) is 53.6 Å². The first-order valence-electron chi connectivity index (χ1n) is 7.78. The summed E-state index contributed by atoms with van der Waals surface area (Å²) in [6, 6.07) is 2.39. The molecule has 1 aliphatic heterocycles. The van der Waals surface area contributed by atoms with Crippen molar-refractivity contribution in [2.24, 2.45) is 5.92 Å². The summed E-state index contributed by atoms with van der Waals surface area (Å²) in [6.45, 7) is 2.24. The molecule has 2 amide bonds. The fraction of sp³-hybridized carbons (Fsp3) is 0.600. The van der Waals surface area contributed by atoms with Gasteiger partial charge in [0, 0.05) is 40.4 Å². The van der Waals surface area contributed by atoms with Gasteiger partial charge in [0.2, 0.25) is 5.91 Å². The maximum Gasteiger partial charge on any atom is 0.433 e. The molecule has 2 heterocycles. The molecule has 0 N–H and O–H groups in total. The monoisotopic (exact) mass is 355 g/mol. The minimum atomic E-state index is -0.706. The van der Waals surface area contributed by atoms with Gasteiger partial charge < -0.3 is 23.7 Å². The van der Waals surface area contributed by atoms with E-state index >= 15 is 0 Å². The number of amides is 2. The number of nitro groups is 1. The van der Waals surface area contributed by atoms with E-state index in [-0.39, 0.29) is 30.7 Å². The van der Waals surface area contributed by atoms with Crippen LogP contribution in [0.5, 0.6) is 0 Å². The lowest BCUT2D eigenvalue weighted by Gasteiger charge is -2.40. The highest BCUT2D eigenvalue weighted by atomic mass is 16.6. The number of hydrogen-bond acceptors (Lipinski definition) is 7. The van der Waals surface area contributed by atoms with E-state index in [1.54, 1.807) is 19.1 Å². The third-order valence-electron chi connectivity index (χ3n) is 3.94. The lowest BCUT2D eigenvalue weighted by molar-refractivity contribution is -0.402. The zero-order valence-electron chi connectivity index (χ0n) is 14.2. The zero-order chi connectivity index (χ0) is 18.4. The second kappa shape index (κ2) is 8.58. The van der Waals surface area contributed by atoms with Crippen LogP contribution in [0.25, 0.3) is 0 Å². The fourth-order valence-electron chi connectivity index (χ4n) is 2.49. The third-order valence-corrected chi connectivity index (χ3v) is 3.94. The number of rotatable bonds is 9. The zero-order valence-corrected chi connectivity index (χ0v) is 14.2. The lowest BCUT2D eigenvalue weighted by atomic mass is 9.98. The minimum absolute atomic E-state index is 0.0661. The third kappa shape index (κ3) is 4.54. The number of methoxy groups -OCH3 is 2. The molecule has 1 saturated heterocycles. The van der Waals surface area contributed by atoms with E-state index in [1.165, 1.54) is 11.0 Å². The first kappa shape index (κ1) is 18.9. The van der Waals surface area contributed by atoms with Crippen molar-refractivity contribution < 1.29 is 28.4 Å². The van der Waals surface area contributed by atoms with E-state index in [4.69, 9.17) is 13.9 Å². The maximum atomic E-state index is 12.5. The van der Waals surface area contributed by atoms with Crippen LogP contribution in [0, 0.1) is 16.0 Å². The largest absolute Gasteiger partial charge is 0.433 e. The molecule has 0 aliphatic carbocycles. The van der Waals surface area contributed by atoms with Crippen LogP contribution in [0.3, 0.4) is 0 Å². The van der Waals surface area contributed by atoms with E-state index in [0.29, 0.717) is 26.3 Å². The molecule has 1 aliphatic rings. The van der Waals surface area contributed by atoms with Crippen LogP contribution < -0.4 is 0 Å². The molecule has 0 radical (unpaired) electrons. The molecule has 0 atom stereocenters. The molecule has 0 bridgehead atoms. The number of furan rings is 1. The second-order valence-electron chi connectivity index (χ2n) is 5.61. The number of nitrogens with zero attached hydrogens (tertiary/aromatic N) is 3. The van der Waals surface area contributed by atoms with E-state index in [9.17, 15) is 19.7 Å². The summed E-state index contributed by atoms with van der Waals surface area (Å²) in [5.41, 5.74) is 0. The first-order valence-corrected chi connectivity index (χ1v) is 7.78. The van der Waals surface area contributed by atoms with E-state index < -0.39 is 16.7 Å². The van der Waals surface area contributed by atoms with Crippen LogP contribution in [0.1, 0.15) is 10.6 Å². The highest BCUT2D eigenvalue weighted by Gasteiger charge is 2.39. The van der Waals surface area contributed by atoms with Crippen LogP contribution >= 0.6 is 0 Å². The molecule has 1 aromatic rings. The Kier molecular flexibility index (Phi) is 6.48. The summed E-state index contributed by atoms with van der Waals surface area (Å²) < 4.78 is 14.9. The van der Waals surface area contributed by atoms with Gasteiger partial charge >= 0.3 is 5.88 Å². The molecule has 10 heteroatoms. The Bertz CT molecular complexity index is 616. The van der Waals surface area contributed by atoms with E-state index in [0.717, 1.165) is 6.07 Å². The first-order chi connectivity index (χ1) is 12.0. The van der Waals surface area contributed by atoms with Gasteiger partial charge in [0.1, 0.15) is 4.92 Å². The molecule has 0 saturated carbocycles. The van der Waals surface area contributed by atoms with Gasteiger partial charge in [-0.15, -0.1) is 0 Å². The van der Waals surface area contributed by atoms with Crippen LogP contribution in [0.4, 0.5) is 5.88 Å². The summed E-state index contributed by atoms with van der Waals surface area (Å²) in [6.07, 6.45) is 0. The van der Waals surface area contributed by atoms with Crippen molar-refractivity contribution in [3.63, 3.8) is 0 Å². The summed E-state index contributed by atoms with van der Waals surface area (Å²) in [4.78, 5) is 37.7. The molecule has 1 fully saturated rings. The topological polar surface area (TPSA) is 115 Å². The summed E-state index contributed by atoms with van der Waals surface area (Å²) in [5.74, 6) is -1.42. The van der Waals surface area contributed by atoms with Gasteiger partial charge in [-0.1, -0.05) is 0 Å². The van der Waals surface area contributed by atoms with Gasteiger partial charge in [-0.25, -0.2) is 0 Å².